The maximum atomic E-state index is 11.1. The topological polar surface area (TPSA) is 70.0 Å². The molecule has 15 heavy (non-hydrogen) atoms. The highest BCUT2D eigenvalue weighted by Crippen LogP contribution is 2.21. The molecule has 1 unspecified atom stereocenters. The molecule has 0 aromatic rings. The van der Waals surface area contributed by atoms with Crippen molar-refractivity contribution in [1.29, 1.82) is 0 Å². The van der Waals surface area contributed by atoms with E-state index in [0.29, 0.717) is 10.9 Å². The van der Waals surface area contributed by atoms with Crippen molar-refractivity contribution in [3.63, 3.8) is 0 Å². The number of amides is 1. The average molecular weight is 227 g/mol. The van der Waals surface area contributed by atoms with Crippen molar-refractivity contribution in [1.82, 2.24) is 4.90 Å². The van der Waals surface area contributed by atoms with Crippen LogP contribution in [0.1, 0.15) is 6.42 Å². The summed E-state index contributed by atoms with van der Waals surface area (Å²) < 4.78 is 0. The number of carboxylic acids is 1. The normalized spacial score (nSPS) is 24.5. The van der Waals surface area contributed by atoms with Gasteiger partial charge in [0.1, 0.15) is 11.9 Å². The maximum absolute atomic E-state index is 11.1. The zero-order valence-corrected chi connectivity index (χ0v) is 8.31. The van der Waals surface area contributed by atoms with Gasteiger partial charge in [0, 0.05) is 6.20 Å². The first-order chi connectivity index (χ1) is 7.08. The number of aliphatic imine (C=N–C) groups is 1. The lowest BCUT2D eigenvalue weighted by atomic mass is 10.1. The number of fused-ring (bicyclic) bond motifs is 1. The summed E-state index contributed by atoms with van der Waals surface area (Å²) in [7, 11) is 0. The van der Waals surface area contributed by atoms with E-state index in [2.05, 4.69) is 4.99 Å². The number of carbonyl (C=O) groups is 2. The molecular weight excluding hydrogens is 220 g/mol. The van der Waals surface area contributed by atoms with Crippen molar-refractivity contribution in [3.8, 4) is 0 Å². The second-order valence-corrected chi connectivity index (χ2v) is 3.61. The fourth-order valence-corrected chi connectivity index (χ4v) is 1.64. The number of aliphatic carboxylic acids is 1. The first kappa shape index (κ1) is 9.92. The number of hydrogen-bond donors (Lipinski definition) is 1. The molecule has 1 amide bonds. The summed E-state index contributed by atoms with van der Waals surface area (Å²) in [6, 6.07) is -0.913. The molecule has 1 N–H and O–H groups in total. The van der Waals surface area contributed by atoms with Crippen molar-refractivity contribution >= 4 is 29.3 Å². The van der Waals surface area contributed by atoms with Crippen LogP contribution < -0.4 is 0 Å². The van der Waals surface area contributed by atoms with Gasteiger partial charge in [-0.25, -0.2) is 4.79 Å². The van der Waals surface area contributed by atoms with E-state index in [4.69, 9.17) is 16.7 Å². The van der Waals surface area contributed by atoms with Gasteiger partial charge >= 0.3 is 5.97 Å². The van der Waals surface area contributed by atoms with Crippen molar-refractivity contribution in [2.45, 2.75) is 12.5 Å². The van der Waals surface area contributed by atoms with Crippen molar-refractivity contribution < 1.29 is 14.7 Å². The number of carbonyl (C=O) groups excluding carboxylic acids is 1. The van der Waals surface area contributed by atoms with Crippen LogP contribution in [0.25, 0.3) is 0 Å². The first-order valence-corrected chi connectivity index (χ1v) is 4.64. The summed E-state index contributed by atoms with van der Waals surface area (Å²) in [5.74, 6) is -1.17. The highest BCUT2D eigenvalue weighted by atomic mass is 35.5. The molecule has 2 rings (SSSR count). The van der Waals surface area contributed by atoms with Crippen LogP contribution in [0.5, 0.6) is 0 Å². The zero-order valence-electron chi connectivity index (χ0n) is 7.55. The molecule has 0 radical (unpaired) electrons. The molecular formula is C9H7ClN2O3. The van der Waals surface area contributed by atoms with Gasteiger partial charge in [0.05, 0.1) is 11.5 Å². The molecule has 2 heterocycles. The lowest BCUT2D eigenvalue weighted by Gasteiger charge is -2.31. The van der Waals surface area contributed by atoms with E-state index in [1.165, 1.54) is 17.2 Å². The van der Waals surface area contributed by atoms with Crippen molar-refractivity contribution in [2.75, 3.05) is 0 Å². The minimum atomic E-state index is -1.06. The van der Waals surface area contributed by atoms with E-state index in [-0.39, 0.29) is 6.42 Å². The van der Waals surface area contributed by atoms with Crippen LogP contribution in [0.4, 0.5) is 0 Å². The molecule has 2 aliphatic rings. The largest absolute Gasteiger partial charge is 0.480 e. The van der Waals surface area contributed by atoms with Crippen molar-refractivity contribution in [3.05, 3.63) is 23.4 Å². The third-order valence-corrected chi connectivity index (χ3v) is 2.37. The highest BCUT2D eigenvalue weighted by Gasteiger charge is 2.33. The van der Waals surface area contributed by atoms with Crippen LogP contribution in [0.15, 0.2) is 28.4 Å². The summed E-state index contributed by atoms with van der Waals surface area (Å²) in [5.41, 5.74) is 0. The summed E-state index contributed by atoms with van der Waals surface area (Å²) >= 11 is 5.74. The number of amidine groups is 1. The molecule has 5 nitrogen and oxygen atoms in total. The van der Waals surface area contributed by atoms with E-state index < -0.39 is 17.9 Å². The maximum Gasteiger partial charge on any atom is 0.327 e. The highest BCUT2D eigenvalue weighted by molar-refractivity contribution is 6.32. The van der Waals surface area contributed by atoms with Gasteiger partial charge in [-0.15, -0.1) is 0 Å². The van der Waals surface area contributed by atoms with Gasteiger partial charge in [-0.3, -0.25) is 4.79 Å². The molecule has 78 valence electrons. The summed E-state index contributed by atoms with van der Waals surface area (Å²) in [6.07, 6.45) is 4.42. The predicted octanol–water partition coefficient (Wildman–Crippen LogP) is 0.720. The second-order valence-electron chi connectivity index (χ2n) is 3.18. The number of rotatable bonds is 1. The van der Waals surface area contributed by atoms with Gasteiger partial charge < -0.3 is 10.0 Å². The minimum Gasteiger partial charge on any atom is -0.480 e. The van der Waals surface area contributed by atoms with Gasteiger partial charge in [-0.2, -0.15) is 4.99 Å². The van der Waals surface area contributed by atoms with Gasteiger partial charge in [-0.1, -0.05) is 11.6 Å². The van der Waals surface area contributed by atoms with Gasteiger partial charge in [0.25, 0.3) is 0 Å². The molecule has 0 aliphatic carbocycles. The molecule has 0 bridgehead atoms. The number of hydrogen-bond acceptors (Lipinski definition) is 3. The quantitative estimate of drug-likeness (QED) is 0.715. The third kappa shape index (κ3) is 1.78. The van der Waals surface area contributed by atoms with Crippen LogP contribution in [0.2, 0.25) is 0 Å². The standard InChI is InChI=1S/C9H7ClN2O3/c10-5-1-2-7-11-8(13)3-6(9(14)15)12(7)4-5/h1-2,4,6H,3H2,(H,14,15). The third-order valence-electron chi connectivity index (χ3n) is 2.15. The summed E-state index contributed by atoms with van der Waals surface area (Å²) in [4.78, 5) is 27.2. The zero-order chi connectivity index (χ0) is 11.0. The van der Waals surface area contributed by atoms with Crippen LogP contribution in [0.3, 0.4) is 0 Å². The van der Waals surface area contributed by atoms with E-state index in [1.807, 2.05) is 0 Å². The van der Waals surface area contributed by atoms with Gasteiger partial charge in [0.15, 0.2) is 0 Å². The fourth-order valence-electron chi connectivity index (χ4n) is 1.47. The Labute approximate surface area is 90.3 Å². The Bertz CT molecular complexity index is 425. The Balaban J connectivity index is 2.41. The number of allylic oxidation sites excluding steroid dienone is 2. The van der Waals surface area contributed by atoms with Gasteiger partial charge in [-0.05, 0) is 12.2 Å². The molecule has 0 spiro atoms. The molecule has 2 aliphatic heterocycles. The van der Waals surface area contributed by atoms with Crippen LogP contribution in [-0.2, 0) is 9.59 Å². The molecule has 0 saturated carbocycles. The van der Waals surface area contributed by atoms with Crippen LogP contribution in [-0.4, -0.2) is 33.8 Å². The van der Waals surface area contributed by atoms with E-state index in [9.17, 15) is 9.59 Å². The average Bonchev–Trinajstić information content (AvgIpc) is 2.17. The van der Waals surface area contributed by atoms with E-state index >= 15 is 0 Å². The van der Waals surface area contributed by atoms with Crippen LogP contribution in [0, 0.1) is 0 Å². The minimum absolute atomic E-state index is 0.132. The fraction of sp³-hybridized carbons (Fsp3) is 0.222. The predicted molar refractivity (Wildman–Crippen MR) is 53.4 cm³/mol. The molecule has 0 saturated heterocycles. The lowest BCUT2D eigenvalue weighted by Crippen LogP contribution is -2.46. The Morgan fingerprint density at radius 1 is 1.60 bits per heavy atom. The summed E-state index contributed by atoms with van der Waals surface area (Å²) in [5, 5.41) is 9.35. The Morgan fingerprint density at radius 2 is 2.33 bits per heavy atom. The molecule has 0 aromatic heterocycles. The summed E-state index contributed by atoms with van der Waals surface area (Å²) in [6.45, 7) is 0. The molecule has 1 atom stereocenters. The van der Waals surface area contributed by atoms with E-state index in [1.54, 1.807) is 6.08 Å². The van der Waals surface area contributed by atoms with Crippen molar-refractivity contribution in [2.24, 2.45) is 4.99 Å². The first-order valence-electron chi connectivity index (χ1n) is 4.26. The van der Waals surface area contributed by atoms with Crippen LogP contribution >= 0.6 is 11.6 Å². The Hall–Kier alpha value is -1.62. The Morgan fingerprint density at radius 3 is 3.00 bits per heavy atom. The monoisotopic (exact) mass is 226 g/mol. The van der Waals surface area contributed by atoms with Gasteiger partial charge in [0.2, 0.25) is 5.91 Å². The van der Waals surface area contributed by atoms with E-state index in [0.717, 1.165) is 0 Å². The molecule has 6 heteroatoms. The number of nitrogens with zero attached hydrogens (tertiary/aromatic N) is 2. The Kier molecular flexibility index (Phi) is 2.32. The number of halogens is 1. The SMILES string of the molecule is O=C1CC(C(=O)O)N2C=C(Cl)C=CC2=N1. The second kappa shape index (κ2) is 3.51. The molecule has 0 aromatic carbocycles. The smallest absolute Gasteiger partial charge is 0.327 e. The number of carboxylic acid groups (broad SMARTS) is 1. The molecule has 0 fully saturated rings. The lowest BCUT2D eigenvalue weighted by molar-refractivity contribution is -0.143.